The van der Waals surface area contributed by atoms with Crippen molar-refractivity contribution in [3.8, 4) is 17.2 Å². The van der Waals surface area contributed by atoms with Crippen molar-refractivity contribution in [3.05, 3.63) is 41.5 Å². The highest BCUT2D eigenvalue weighted by atomic mass is 16.5. The Labute approximate surface area is 168 Å². The number of hydrogen-bond acceptors (Lipinski definition) is 6. The van der Waals surface area contributed by atoms with Gasteiger partial charge in [-0.05, 0) is 25.5 Å². The zero-order chi connectivity index (χ0) is 21.3. The number of nitrogens with zero attached hydrogens (tertiary/aromatic N) is 1. The van der Waals surface area contributed by atoms with E-state index in [1.807, 2.05) is 19.1 Å². The number of aryl methyl sites for hydroxylation is 1. The molecule has 0 aromatic heterocycles. The highest BCUT2D eigenvalue weighted by Gasteiger charge is 2.44. The standard InChI is InChI=1S/C21H22N2O6/c1-11-8-6-7-9-13(11)22-20(25)12(2)23-14-10-15(27-3)18(28-4)19(29-5)16(14)17(24)21(23)26/h6-10,12H,1-5H3,(H,22,25). The number of para-hydroxylation sites is 1. The Morgan fingerprint density at radius 2 is 1.69 bits per heavy atom. The number of anilines is 2. The lowest BCUT2D eigenvalue weighted by molar-refractivity contribution is -0.120. The molecule has 0 saturated carbocycles. The Hall–Kier alpha value is -3.55. The molecule has 0 fully saturated rings. The molecular formula is C21H22N2O6. The molecule has 1 aliphatic heterocycles. The predicted octanol–water partition coefficient (Wildman–Crippen LogP) is 2.58. The molecule has 0 aliphatic carbocycles. The number of carbonyl (C=O) groups is 3. The third kappa shape index (κ3) is 3.26. The monoisotopic (exact) mass is 398 g/mol. The lowest BCUT2D eigenvalue weighted by atomic mass is 10.1. The topological polar surface area (TPSA) is 94.2 Å². The predicted molar refractivity (Wildman–Crippen MR) is 107 cm³/mol. The Bertz CT molecular complexity index is 1000. The number of nitrogens with one attached hydrogen (secondary N) is 1. The van der Waals surface area contributed by atoms with E-state index in [9.17, 15) is 14.4 Å². The van der Waals surface area contributed by atoms with Gasteiger partial charge in [0.2, 0.25) is 11.7 Å². The Balaban J connectivity index is 2.04. The molecule has 0 radical (unpaired) electrons. The van der Waals surface area contributed by atoms with Crippen LogP contribution < -0.4 is 24.4 Å². The molecule has 1 atom stereocenters. The molecule has 29 heavy (non-hydrogen) atoms. The van der Waals surface area contributed by atoms with Crippen LogP contribution in [0.1, 0.15) is 22.8 Å². The number of amides is 2. The minimum Gasteiger partial charge on any atom is -0.493 e. The molecule has 1 unspecified atom stereocenters. The third-order valence-electron chi connectivity index (χ3n) is 4.88. The van der Waals surface area contributed by atoms with Crippen molar-refractivity contribution in [2.24, 2.45) is 0 Å². The molecule has 152 valence electrons. The van der Waals surface area contributed by atoms with E-state index in [4.69, 9.17) is 14.2 Å². The maximum Gasteiger partial charge on any atom is 0.300 e. The Kier molecular flexibility index (Phi) is 5.45. The number of ether oxygens (including phenoxy) is 3. The van der Waals surface area contributed by atoms with E-state index in [1.165, 1.54) is 27.4 Å². The van der Waals surface area contributed by atoms with E-state index >= 15 is 0 Å². The molecule has 2 aromatic carbocycles. The summed E-state index contributed by atoms with van der Waals surface area (Å²) in [7, 11) is 4.21. The second-order valence-corrected chi connectivity index (χ2v) is 6.52. The molecule has 8 nitrogen and oxygen atoms in total. The quantitative estimate of drug-likeness (QED) is 0.752. The van der Waals surface area contributed by atoms with Gasteiger partial charge >= 0.3 is 0 Å². The van der Waals surface area contributed by atoms with E-state index in [1.54, 1.807) is 19.1 Å². The number of methoxy groups -OCH3 is 3. The molecule has 2 aromatic rings. The summed E-state index contributed by atoms with van der Waals surface area (Å²) < 4.78 is 15.9. The van der Waals surface area contributed by atoms with Crippen molar-refractivity contribution in [1.82, 2.24) is 0 Å². The number of rotatable bonds is 6. The maximum atomic E-state index is 12.8. The highest BCUT2D eigenvalue weighted by molar-refractivity contribution is 6.53. The molecule has 1 heterocycles. The molecule has 0 bridgehead atoms. The fourth-order valence-corrected chi connectivity index (χ4v) is 3.33. The van der Waals surface area contributed by atoms with Crippen LogP contribution in [0.15, 0.2) is 30.3 Å². The number of Topliss-reactive ketones (excluding diaryl/α,β-unsaturated/α-hetero) is 1. The minimum atomic E-state index is -0.949. The zero-order valence-electron chi connectivity index (χ0n) is 16.9. The van der Waals surface area contributed by atoms with E-state index in [0.29, 0.717) is 5.69 Å². The average Bonchev–Trinajstić information content (AvgIpc) is 2.97. The van der Waals surface area contributed by atoms with E-state index in [2.05, 4.69) is 5.32 Å². The van der Waals surface area contributed by atoms with Crippen molar-refractivity contribution >= 4 is 29.0 Å². The molecule has 2 amide bonds. The fraction of sp³-hybridized carbons (Fsp3) is 0.286. The maximum absolute atomic E-state index is 12.8. The summed E-state index contributed by atoms with van der Waals surface area (Å²) in [5.41, 5.74) is 1.80. The van der Waals surface area contributed by atoms with Gasteiger partial charge in [0.05, 0.1) is 32.6 Å². The van der Waals surface area contributed by atoms with Crippen LogP contribution in [0, 0.1) is 6.92 Å². The zero-order valence-corrected chi connectivity index (χ0v) is 16.9. The first-order valence-electron chi connectivity index (χ1n) is 8.93. The summed E-state index contributed by atoms with van der Waals surface area (Å²) in [4.78, 5) is 39.4. The van der Waals surface area contributed by atoms with Gasteiger partial charge in [0.25, 0.3) is 11.7 Å². The first kappa shape index (κ1) is 20.2. The lowest BCUT2D eigenvalue weighted by Crippen LogP contribution is -2.45. The van der Waals surface area contributed by atoms with Crippen LogP contribution in [-0.4, -0.2) is 45.0 Å². The van der Waals surface area contributed by atoms with Gasteiger partial charge in [-0.15, -0.1) is 0 Å². The van der Waals surface area contributed by atoms with Crippen molar-refractivity contribution in [2.75, 3.05) is 31.5 Å². The van der Waals surface area contributed by atoms with Gasteiger partial charge in [0, 0.05) is 11.8 Å². The SMILES string of the molecule is COc1cc2c(c(OC)c1OC)C(=O)C(=O)N2C(C)C(=O)Nc1ccccc1C. The van der Waals surface area contributed by atoms with Crippen LogP contribution in [0.4, 0.5) is 11.4 Å². The lowest BCUT2D eigenvalue weighted by Gasteiger charge is -2.25. The Morgan fingerprint density at radius 3 is 2.28 bits per heavy atom. The van der Waals surface area contributed by atoms with Gasteiger partial charge in [-0.3, -0.25) is 19.3 Å². The van der Waals surface area contributed by atoms with Crippen LogP contribution in [0.5, 0.6) is 17.2 Å². The van der Waals surface area contributed by atoms with Crippen molar-refractivity contribution in [2.45, 2.75) is 19.9 Å². The summed E-state index contributed by atoms with van der Waals surface area (Å²) in [6.45, 7) is 3.42. The van der Waals surface area contributed by atoms with Crippen molar-refractivity contribution in [3.63, 3.8) is 0 Å². The van der Waals surface area contributed by atoms with Crippen molar-refractivity contribution < 1.29 is 28.6 Å². The number of hydrogen-bond donors (Lipinski definition) is 1. The molecule has 3 rings (SSSR count). The molecule has 8 heteroatoms. The highest BCUT2D eigenvalue weighted by Crippen LogP contribution is 2.48. The van der Waals surface area contributed by atoms with Gasteiger partial charge in [0.15, 0.2) is 11.5 Å². The Morgan fingerprint density at radius 1 is 1.03 bits per heavy atom. The summed E-state index contributed by atoms with van der Waals surface area (Å²) in [5, 5.41) is 2.80. The van der Waals surface area contributed by atoms with Gasteiger partial charge in [-0.25, -0.2) is 0 Å². The largest absolute Gasteiger partial charge is 0.493 e. The van der Waals surface area contributed by atoms with Crippen LogP contribution in [0.2, 0.25) is 0 Å². The first-order chi connectivity index (χ1) is 13.8. The van der Waals surface area contributed by atoms with Gasteiger partial charge in [0.1, 0.15) is 6.04 Å². The summed E-state index contributed by atoms with van der Waals surface area (Å²) in [6.07, 6.45) is 0. The normalized spacial score (nSPS) is 13.8. The molecular weight excluding hydrogens is 376 g/mol. The van der Waals surface area contributed by atoms with Gasteiger partial charge in [-0.2, -0.15) is 0 Å². The number of ketones is 1. The van der Waals surface area contributed by atoms with Crippen LogP contribution in [0.3, 0.4) is 0 Å². The average molecular weight is 398 g/mol. The molecule has 0 saturated heterocycles. The minimum absolute atomic E-state index is 0.0469. The number of benzene rings is 2. The molecule has 0 spiro atoms. The van der Waals surface area contributed by atoms with Crippen LogP contribution in [-0.2, 0) is 9.59 Å². The summed E-state index contributed by atoms with van der Waals surface area (Å²) in [6, 6.07) is 7.84. The molecule has 1 aliphatic rings. The first-order valence-corrected chi connectivity index (χ1v) is 8.93. The smallest absolute Gasteiger partial charge is 0.300 e. The summed E-state index contributed by atoms with van der Waals surface area (Å²) in [5.74, 6) is -1.44. The van der Waals surface area contributed by atoms with E-state index in [-0.39, 0.29) is 28.5 Å². The van der Waals surface area contributed by atoms with Crippen LogP contribution >= 0.6 is 0 Å². The summed E-state index contributed by atoms with van der Waals surface area (Å²) >= 11 is 0. The van der Waals surface area contributed by atoms with Crippen molar-refractivity contribution in [1.29, 1.82) is 0 Å². The number of carbonyl (C=O) groups excluding carboxylic acids is 3. The van der Waals surface area contributed by atoms with Gasteiger partial charge < -0.3 is 19.5 Å². The third-order valence-corrected chi connectivity index (χ3v) is 4.88. The van der Waals surface area contributed by atoms with Gasteiger partial charge in [-0.1, -0.05) is 18.2 Å². The second kappa shape index (κ2) is 7.83. The van der Waals surface area contributed by atoms with E-state index < -0.39 is 23.6 Å². The number of fused-ring (bicyclic) bond motifs is 1. The fourth-order valence-electron chi connectivity index (χ4n) is 3.33. The molecule has 1 N–H and O–H groups in total. The van der Waals surface area contributed by atoms with E-state index in [0.717, 1.165) is 10.5 Å². The van der Waals surface area contributed by atoms with Crippen LogP contribution in [0.25, 0.3) is 0 Å². The second-order valence-electron chi connectivity index (χ2n) is 6.52.